The summed E-state index contributed by atoms with van der Waals surface area (Å²) in [6.07, 6.45) is 6.59. The number of nitrogens with one attached hydrogen (secondary N) is 1. The second-order valence-electron chi connectivity index (χ2n) is 9.09. The smallest absolute Gasteiger partial charge is 0.254 e. The molecule has 8 heteroatoms. The molecule has 1 saturated carbocycles. The lowest BCUT2D eigenvalue weighted by Gasteiger charge is -2.38. The second-order valence-corrected chi connectivity index (χ2v) is 9.09. The van der Waals surface area contributed by atoms with Crippen molar-refractivity contribution < 1.29 is 14.3 Å². The van der Waals surface area contributed by atoms with Gasteiger partial charge in [0.25, 0.3) is 5.91 Å². The number of rotatable bonds is 8. The van der Waals surface area contributed by atoms with Gasteiger partial charge in [0.2, 0.25) is 5.91 Å². The summed E-state index contributed by atoms with van der Waals surface area (Å²) in [4.78, 5) is 29.4. The van der Waals surface area contributed by atoms with Crippen molar-refractivity contribution in [3.8, 4) is 0 Å². The zero-order valence-corrected chi connectivity index (χ0v) is 18.3. The Balaban J connectivity index is 1.22. The standard InChI is InChI=1S/C22H35N5O3/c1-3-27-16(2)20(11-24-27)22(29)23-10-19-14-26(21(28)15-30-19)13-18-6-8-25(9-7-18)12-17-4-5-17/h11,17-19H,3-10,12-15H2,1-2H3,(H,23,29). The molecule has 8 nitrogen and oxygen atoms in total. The SMILES string of the molecule is CCn1ncc(C(=O)NCC2CN(CC3CCN(CC4CC4)CC3)C(=O)CO2)c1C. The van der Waals surface area contributed by atoms with Gasteiger partial charge in [0.15, 0.2) is 0 Å². The number of hydrogen-bond acceptors (Lipinski definition) is 5. The maximum absolute atomic E-state index is 12.5. The second kappa shape index (κ2) is 9.47. The number of piperidine rings is 1. The van der Waals surface area contributed by atoms with E-state index in [1.54, 1.807) is 6.20 Å². The van der Waals surface area contributed by atoms with Crippen molar-refractivity contribution in [1.82, 2.24) is 24.9 Å². The fourth-order valence-electron chi connectivity index (χ4n) is 4.60. The van der Waals surface area contributed by atoms with E-state index < -0.39 is 0 Å². The molecular formula is C22H35N5O3. The number of hydrogen-bond donors (Lipinski definition) is 1. The van der Waals surface area contributed by atoms with E-state index in [1.807, 2.05) is 23.4 Å². The number of carbonyl (C=O) groups is 2. The van der Waals surface area contributed by atoms with Crippen LogP contribution in [0.4, 0.5) is 0 Å². The van der Waals surface area contributed by atoms with Crippen LogP contribution in [0.25, 0.3) is 0 Å². The molecule has 1 aromatic rings. The molecule has 3 fully saturated rings. The highest BCUT2D eigenvalue weighted by atomic mass is 16.5. The van der Waals surface area contributed by atoms with Crippen molar-refractivity contribution in [1.29, 1.82) is 0 Å². The Morgan fingerprint density at radius 3 is 2.60 bits per heavy atom. The van der Waals surface area contributed by atoms with Gasteiger partial charge in [-0.3, -0.25) is 14.3 Å². The molecule has 1 aromatic heterocycles. The highest BCUT2D eigenvalue weighted by molar-refractivity contribution is 5.95. The van der Waals surface area contributed by atoms with Gasteiger partial charge in [-0.15, -0.1) is 0 Å². The van der Waals surface area contributed by atoms with Crippen LogP contribution in [0, 0.1) is 18.8 Å². The summed E-state index contributed by atoms with van der Waals surface area (Å²) in [7, 11) is 0. The largest absolute Gasteiger partial charge is 0.365 e. The lowest BCUT2D eigenvalue weighted by molar-refractivity contribution is -0.149. The number of aryl methyl sites for hydroxylation is 1. The minimum Gasteiger partial charge on any atom is -0.365 e. The van der Waals surface area contributed by atoms with Gasteiger partial charge in [0.1, 0.15) is 6.61 Å². The van der Waals surface area contributed by atoms with E-state index in [-0.39, 0.29) is 24.5 Å². The van der Waals surface area contributed by atoms with Crippen molar-refractivity contribution in [3.05, 3.63) is 17.5 Å². The molecule has 4 rings (SSSR count). The predicted molar refractivity (Wildman–Crippen MR) is 113 cm³/mol. The Hall–Kier alpha value is -1.93. The van der Waals surface area contributed by atoms with Gasteiger partial charge in [-0.05, 0) is 64.5 Å². The highest BCUT2D eigenvalue weighted by Gasteiger charge is 2.31. The van der Waals surface area contributed by atoms with E-state index in [0.29, 0.717) is 24.6 Å². The summed E-state index contributed by atoms with van der Waals surface area (Å²) in [5, 5.41) is 7.18. The quantitative estimate of drug-likeness (QED) is 0.690. The lowest BCUT2D eigenvalue weighted by Crippen LogP contribution is -2.52. The Labute approximate surface area is 178 Å². The number of carbonyl (C=O) groups excluding carboxylic acids is 2. The van der Waals surface area contributed by atoms with Crippen LogP contribution in [-0.2, 0) is 16.1 Å². The number of likely N-dealkylation sites (tertiary alicyclic amines) is 1. The van der Waals surface area contributed by atoms with E-state index >= 15 is 0 Å². The van der Waals surface area contributed by atoms with E-state index in [9.17, 15) is 9.59 Å². The molecular weight excluding hydrogens is 382 g/mol. The molecule has 1 unspecified atom stereocenters. The van der Waals surface area contributed by atoms with Crippen LogP contribution >= 0.6 is 0 Å². The monoisotopic (exact) mass is 417 g/mol. The van der Waals surface area contributed by atoms with Crippen molar-refractivity contribution >= 4 is 11.8 Å². The molecule has 0 aromatic carbocycles. The topological polar surface area (TPSA) is 79.7 Å². The zero-order chi connectivity index (χ0) is 21.1. The van der Waals surface area contributed by atoms with Crippen LogP contribution in [0.1, 0.15) is 48.7 Å². The molecule has 1 aliphatic carbocycles. The number of aromatic nitrogens is 2. The Bertz CT molecular complexity index is 752. The average molecular weight is 418 g/mol. The molecule has 2 saturated heterocycles. The average Bonchev–Trinajstić information content (AvgIpc) is 3.49. The first-order chi connectivity index (χ1) is 14.5. The molecule has 1 atom stereocenters. The van der Waals surface area contributed by atoms with Crippen LogP contribution in [-0.4, -0.2) is 83.4 Å². The van der Waals surface area contributed by atoms with Crippen LogP contribution in [0.5, 0.6) is 0 Å². The molecule has 0 spiro atoms. The summed E-state index contributed by atoms with van der Waals surface area (Å²) in [5.41, 5.74) is 1.46. The molecule has 2 aliphatic heterocycles. The van der Waals surface area contributed by atoms with Gasteiger partial charge in [-0.25, -0.2) is 0 Å². The Morgan fingerprint density at radius 1 is 1.20 bits per heavy atom. The third kappa shape index (κ3) is 5.21. The van der Waals surface area contributed by atoms with E-state index in [4.69, 9.17) is 4.74 Å². The number of ether oxygens (including phenoxy) is 1. The van der Waals surface area contributed by atoms with Crippen molar-refractivity contribution in [2.75, 3.05) is 45.9 Å². The summed E-state index contributed by atoms with van der Waals surface area (Å²) < 4.78 is 7.49. The van der Waals surface area contributed by atoms with Gasteiger partial charge in [-0.2, -0.15) is 5.10 Å². The summed E-state index contributed by atoms with van der Waals surface area (Å²) in [5.74, 6) is 1.44. The molecule has 0 bridgehead atoms. The molecule has 1 N–H and O–H groups in total. The zero-order valence-electron chi connectivity index (χ0n) is 18.3. The van der Waals surface area contributed by atoms with E-state index in [2.05, 4.69) is 15.3 Å². The van der Waals surface area contributed by atoms with Crippen LogP contribution < -0.4 is 5.32 Å². The Morgan fingerprint density at radius 2 is 1.93 bits per heavy atom. The molecule has 2 amide bonds. The first kappa shape index (κ1) is 21.3. The number of morpholine rings is 1. The van der Waals surface area contributed by atoms with Crippen LogP contribution in [0.15, 0.2) is 6.20 Å². The van der Waals surface area contributed by atoms with Gasteiger partial charge in [0, 0.05) is 38.4 Å². The molecule has 0 radical (unpaired) electrons. The normalized spacial score (nSPS) is 23.7. The fourth-order valence-corrected chi connectivity index (χ4v) is 4.60. The van der Waals surface area contributed by atoms with Gasteiger partial charge in [-0.1, -0.05) is 0 Å². The third-order valence-corrected chi connectivity index (χ3v) is 6.76. The first-order valence-electron chi connectivity index (χ1n) is 11.5. The molecule has 3 heterocycles. The van der Waals surface area contributed by atoms with Crippen molar-refractivity contribution in [2.24, 2.45) is 11.8 Å². The molecule has 3 aliphatic rings. The van der Waals surface area contributed by atoms with Crippen molar-refractivity contribution in [3.63, 3.8) is 0 Å². The lowest BCUT2D eigenvalue weighted by atomic mass is 9.95. The summed E-state index contributed by atoms with van der Waals surface area (Å²) in [6.45, 7) is 10.1. The minimum atomic E-state index is -0.164. The van der Waals surface area contributed by atoms with Crippen LogP contribution in [0.2, 0.25) is 0 Å². The van der Waals surface area contributed by atoms with Crippen molar-refractivity contribution in [2.45, 2.75) is 52.2 Å². The number of nitrogens with zero attached hydrogens (tertiary/aromatic N) is 4. The maximum atomic E-state index is 12.5. The van der Waals surface area contributed by atoms with Gasteiger partial charge in [0.05, 0.1) is 17.9 Å². The van der Waals surface area contributed by atoms with E-state index in [0.717, 1.165) is 37.8 Å². The fraction of sp³-hybridized carbons (Fsp3) is 0.773. The Kier molecular flexibility index (Phi) is 6.73. The van der Waals surface area contributed by atoms with Gasteiger partial charge >= 0.3 is 0 Å². The minimum absolute atomic E-state index is 0.0676. The molecule has 30 heavy (non-hydrogen) atoms. The van der Waals surface area contributed by atoms with Gasteiger partial charge < -0.3 is 19.9 Å². The third-order valence-electron chi connectivity index (χ3n) is 6.76. The molecule has 166 valence electrons. The predicted octanol–water partition coefficient (Wildman–Crippen LogP) is 1.29. The maximum Gasteiger partial charge on any atom is 0.254 e. The van der Waals surface area contributed by atoms with Crippen LogP contribution in [0.3, 0.4) is 0 Å². The first-order valence-corrected chi connectivity index (χ1v) is 11.5. The summed E-state index contributed by atoms with van der Waals surface area (Å²) in [6, 6.07) is 0. The van der Waals surface area contributed by atoms with E-state index in [1.165, 1.54) is 32.2 Å². The number of amides is 2. The summed E-state index contributed by atoms with van der Waals surface area (Å²) >= 11 is 0. The highest BCUT2D eigenvalue weighted by Crippen LogP contribution is 2.31.